The highest BCUT2D eigenvalue weighted by molar-refractivity contribution is 7.80. The van der Waals surface area contributed by atoms with Crippen molar-refractivity contribution in [1.82, 2.24) is 10.6 Å². The largest absolute Gasteiger partial charge is 0.481 e. The second-order valence-corrected chi connectivity index (χ2v) is 5.22. The summed E-state index contributed by atoms with van der Waals surface area (Å²) in [4.78, 5) is 56.2. The van der Waals surface area contributed by atoms with Crippen LogP contribution in [0, 0.1) is 0 Å². The minimum atomic E-state index is -1.34. The third kappa shape index (κ3) is 8.33. The molecular formula is C12H20N4O7S. The van der Waals surface area contributed by atoms with Gasteiger partial charge >= 0.3 is 11.9 Å². The number of primary amides is 1. The average Bonchev–Trinajstić information content (AvgIpc) is 2.46. The molecule has 0 saturated carbocycles. The minimum absolute atomic E-state index is 0.206. The molecule has 12 heteroatoms. The van der Waals surface area contributed by atoms with Gasteiger partial charge in [-0.2, -0.15) is 12.6 Å². The van der Waals surface area contributed by atoms with Crippen LogP contribution in [0.15, 0.2) is 0 Å². The van der Waals surface area contributed by atoms with E-state index in [0.717, 1.165) is 0 Å². The number of carboxylic acid groups (broad SMARTS) is 2. The average molecular weight is 364 g/mol. The van der Waals surface area contributed by atoms with Gasteiger partial charge in [0.15, 0.2) is 0 Å². The molecule has 3 unspecified atom stereocenters. The Kier molecular flexibility index (Phi) is 9.42. The standard InChI is InChI=1S/C12H20N4O7S/c13-5(3-8(14)17)10(20)15-6(1-2-9(18)19)11(21)16-7(4-24)12(22)23/h5-7,24H,1-4,13H2,(H2,14,17)(H,15,20)(H,16,21)(H,18,19)(H,22,23). The number of amides is 3. The maximum absolute atomic E-state index is 12.1. The first kappa shape index (κ1) is 21.7. The van der Waals surface area contributed by atoms with Crippen molar-refractivity contribution in [3.63, 3.8) is 0 Å². The van der Waals surface area contributed by atoms with Crippen molar-refractivity contribution in [3.05, 3.63) is 0 Å². The number of hydrogen-bond acceptors (Lipinski definition) is 7. The molecule has 24 heavy (non-hydrogen) atoms. The topological polar surface area (TPSA) is 202 Å². The molecule has 0 aliphatic heterocycles. The molecule has 11 nitrogen and oxygen atoms in total. The SMILES string of the molecule is NC(=O)CC(N)C(=O)NC(CCC(=O)O)C(=O)NC(CS)C(=O)O. The van der Waals surface area contributed by atoms with Crippen molar-refractivity contribution in [2.75, 3.05) is 5.75 Å². The molecule has 8 N–H and O–H groups in total. The molecule has 0 aliphatic rings. The van der Waals surface area contributed by atoms with Gasteiger partial charge in [-0.25, -0.2) is 4.79 Å². The van der Waals surface area contributed by atoms with Gasteiger partial charge in [-0.05, 0) is 6.42 Å². The van der Waals surface area contributed by atoms with E-state index in [4.69, 9.17) is 21.7 Å². The fourth-order valence-electron chi connectivity index (χ4n) is 1.58. The van der Waals surface area contributed by atoms with E-state index in [2.05, 4.69) is 23.3 Å². The molecule has 0 spiro atoms. The summed E-state index contributed by atoms with van der Waals surface area (Å²) in [6.45, 7) is 0. The quantitative estimate of drug-likeness (QED) is 0.188. The van der Waals surface area contributed by atoms with Crippen LogP contribution < -0.4 is 22.1 Å². The summed E-state index contributed by atoms with van der Waals surface area (Å²) in [7, 11) is 0. The number of rotatable bonds is 11. The third-order valence-electron chi connectivity index (χ3n) is 2.83. The predicted molar refractivity (Wildman–Crippen MR) is 84.0 cm³/mol. The maximum atomic E-state index is 12.1. The monoisotopic (exact) mass is 364 g/mol. The number of hydrogen-bond donors (Lipinski definition) is 7. The van der Waals surface area contributed by atoms with Crippen molar-refractivity contribution in [2.45, 2.75) is 37.4 Å². The predicted octanol–water partition coefficient (Wildman–Crippen LogP) is -2.96. The highest BCUT2D eigenvalue weighted by Gasteiger charge is 2.28. The third-order valence-corrected chi connectivity index (χ3v) is 3.20. The van der Waals surface area contributed by atoms with Crippen LogP contribution in [-0.2, 0) is 24.0 Å². The minimum Gasteiger partial charge on any atom is -0.481 e. The van der Waals surface area contributed by atoms with Crippen molar-refractivity contribution < 1.29 is 34.2 Å². The molecule has 0 aliphatic carbocycles. The summed E-state index contributed by atoms with van der Waals surface area (Å²) in [5.41, 5.74) is 10.3. The Balaban J connectivity index is 4.98. The number of carbonyl (C=O) groups is 5. The molecule has 0 bridgehead atoms. The lowest BCUT2D eigenvalue weighted by Crippen LogP contribution is -2.55. The molecule has 0 fully saturated rings. The zero-order chi connectivity index (χ0) is 18.9. The Labute approximate surface area is 142 Å². The summed E-state index contributed by atoms with van der Waals surface area (Å²) >= 11 is 3.77. The summed E-state index contributed by atoms with van der Waals surface area (Å²) in [6, 6.07) is -3.97. The van der Waals surface area contributed by atoms with Crippen LogP contribution in [0.1, 0.15) is 19.3 Å². The number of carbonyl (C=O) groups excluding carboxylic acids is 3. The molecule has 0 saturated heterocycles. The second-order valence-electron chi connectivity index (χ2n) is 4.85. The summed E-state index contributed by atoms with van der Waals surface area (Å²) in [5, 5.41) is 21.9. The molecule has 0 aromatic heterocycles. The van der Waals surface area contributed by atoms with Gasteiger partial charge in [0.1, 0.15) is 12.1 Å². The zero-order valence-electron chi connectivity index (χ0n) is 12.6. The van der Waals surface area contributed by atoms with Gasteiger partial charge in [0, 0.05) is 12.2 Å². The van der Waals surface area contributed by atoms with E-state index in [-0.39, 0.29) is 12.2 Å². The van der Waals surface area contributed by atoms with Crippen LogP contribution in [0.4, 0.5) is 0 Å². The zero-order valence-corrected chi connectivity index (χ0v) is 13.5. The lowest BCUT2D eigenvalue weighted by Gasteiger charge is -2.21. The van der Waals surface area contributed by atoms with E-state index in [1.54, 1.807) is 0 Å². The Bertz CT molecular complexity index is 514. The first-order valence-corrected chi connectivity index (χ1v) is 7.41. The van der Waals surface area contributed by atoms with Crippen LogP contribution in [-0.4, -0.2) is 63.8 Å². The van der Waals surface area contributed by atoms with Crippen molar-refractivity contribution in [1.29, 1.82) is 0 Å². The van der Waals surface area contributed by atoms with Gasteiger partial charge in [-0.3, -0.25) is 19.2 Å². The number of nitrogens with two attached hydrogens (primary N) is 2. The summed E-state index contributed by atoms with van der Waals surface area (Å²) < 4.78 is 0. The van der Waals surface area contributed by atoms with Crippen LogP contribution in [0.25, 0.3) is 0 Å². The van der Waals surface area contributed by atoms with Crippen molar-refractivity contribution >= 4 is 42.3 Å². The van der Waals surface area contributed by atoms with E-state index in [1.165, 1.54) is 0 Å². The van der Waals surface area contributed by atoms with E-state index in [1.807, 2.05) is 0 Å². The molecule has 0 heterocycles. The van der Waals surface area contributed by atoms with Crippen LogP contribution in [0.3, 0.4) is 0 Å². The molecular weight excluding hydrogens is 344 g/mol. The van der Waals surface area contributed by atoms with Gasteiger partial charge in [0.2, 0.25) is 17.7 Å². The maximum Gasteiger partial charge on any atom is 0.327 e. The normalized spacial score (nSPS) is 14.1. The number of carboxylic acids is 2. The second kappa shape index (κ2) is 10.4. The fourth-order valence-corrected chi connectivity index (χ4v) is 1.83. The lowest BCUT2D eigenvalue weighted by molar-refractivity contribution is -0.142. The lowest BCUT2D eigenvalue weighted by atomic mass is 10.1. The van der Waals surface area contributed by atoms with Gasteiger partial charge in [0.05, 0.1) is 12.5 Å². The van der Waals surface area contributed by atoms with Gasteiger partial charge in [0.25, 0.3) is 0 Å². The molecule has 0 radical (unpaired) electrons. The van der Waals surface area contributed by atoms with Crippen LogP contribution in [0.2, 0.25) is 0 Å². The Morgan fingerprint density at radius 3 is 1.96 bits per heavy atom. The molecule has 0 aromatic rings. The Morgan fingerprint density at radius 1 is 1.00 bits per heavy atom. The molecule has 0 rings (SSSR count). The number of aliphatic carboxylic acids is 2. The van der Waals surface area contributed by atoms with Gasteiger partial charge in [-0.15, -0.1) is 0 Å². The summed E-state index contributed by atoms with van der Waals surface area (Å²) in [6.07, 6.45) is -1.22. The highest BCUT2D eigenvalue weighted by atomic mass is 32.1. The molecule has 3 atom stereocenters. The Hall–Kier alpha value is -2.34. The molecule has 3 amide bonds. The van der Waals surface area contributed by atoms with Gasteiger partial charge < -0.3 is 32.3 Å². The number of thiol groups is 1. The number of nitrogens with one attached hydrogen (secondary N) is 2. The van der Waals surface area contributed by atoms with Crippen LogP contribution in [0.5, 0.6) is 0 Å². The fraction of sp³-hybridized carbons (Fsp3) is 0.583. The van der Waals surface area contributed by atoms with Crippen LogP contribution >= 0.6 is 12.6 Å². The smallest absolute Gasteiger partial charge is 0.327 e. The van der Waals surface area contributed by atoms with Crippen molar-refractivity contribution in [3.8, 4) is 0 Å². The molecule has 136 valence electrons. The van der Waals surface area contributed by atoms with E-state index in [9.17, 15) is 24.0 Å². The van der Waals surface area contributed by atoms with Crippen molar-refractivity contribution in [2.24, 2.45) is 11.5 Å². The Morgan fingerprint density at radius 2 is 1.54 bits per heavy atom. The van der Waals surface area contributed by atoms with E-state index < -0.39 is 60.6 Å². The summed E-state index contributed by atoms with van der Waals surface area (Å²) in [5.74, 6) is -5.39. The first-order chi connectivity index (χ1) is 11.1. The van der Waals surface area contributed by atoms with Gasteiger partial charge in [-0.1, -0.05) is 0 Å². The first-order valence-electron chi connectivity index (χ1n) is 6.78. The highest BCUT2D eigenvalue weighted by Crippen LogP contribution is 2.01. The van der Waals surface area contributed by atoms with E-state index >= 15 is 0 Å². The van der Waals surface area contributed by atoms with E-state index in [0.29, 0.717) is 0 Å². The molecule has 0 aromatic carbocycles.